The summed E-state index contributed by atoms with van der Waals surface area (Å²) in [5, 5.41) is 3.65. The summed E-state index contributed by atoms with van der Waals surface area (Å²) in [4.78, 5) is 0. The summed E-state index contributed by atoms with van der Waals surface area (Å²) >= 11 is 2.07. The van der Waals surface area contributed by atoms with Crippen LogP contribution in [0.25, 0.3) is 0 Å². The average molecular weight is 243 g/mol. The first-order valence-electron chi connectivity index (χ1n) is 6.75. The van der Waals surface area contributed by atoms with E-state index in [0.717, 1.165) is 19.1 Å². The van der Waals surface area contributed by atoms with Gasteiger partial charge in [0.05, 0.1) is 5.60 Å². The fraction of sp³-hybridized carbons (Fsp3) is 1.00. The lowest BCUT2D eigenvalue weighted by molar-refractivity contribution is -0.0851. The van der Waals surface area contributed by atoms with Gasteiger partial charge in [0.15, 0.2) is 0 Å². The number of hydrogen-bond acceptors (Lipinski definition) is 3. The molecule has 0 aromatic heterocycles. The summed E-state index contributed by atoms with van der Waals surface area (Å²) in [6.07, 6.45) is 5.06. The molecule has 0 amide bonds. The van der Waals surface area contributed by atoms with Gasteiger partial charge in [0, 0.05) is 18.4 Å². The Morgan fingerprint density at radius 3 is 3.00 bits per heavy atom. The SMILES string of the molecule is CCNC(CC)C1CCOC2(CCSC2)C1. The molecule has 1 N–H and O–H groups in total. The van der Waals surface area contributed by atoms with Gasteiger partial charge in [0.25, 0.3) is 0 Å². The van der Waals surface area contributed by atoms with Crippen LogP contribution in [0.2, 0.25) is 0 Å². The van der Waals surface area contributed by atoms with Crippen LogP contribution in [0.5, 0.6) is 0 Å². The summed E-state index contributed by atoms with van der Waals surface area (Å²) in [5.74, 6) is 3.36. The van der Waals surface area contributed by atoms with Gasteiger partial charge < -0.3 is 10.1 Å². The van der Waals surface area contributed by atoms with E-state index in [1.807, 2.05) is 0 Å². The van der Waals surface area contributed by atoms with Gasteiger partial charge in [0.2, 0.25) is 0 Å². The van der Waals surface area contributed by atoms with Gasteiger partial charge in [-0.25, -0.2) is 0 Å². The van der Waals surface area contributed by atoms with Gasteiger partial charge in [-0.05, 0) is 43.9 Å². The molecule has 2 fully saturated rings. The Labute approximate surface area is 104 Å². The van der Waals surface area contributed by atoms with Crippen molar-refractivity contribution in [2.24, 2.45) is 5.92 Å². The lowest BCUT2D eigenvalue weighted by Crippen LogP contribution is -2.46. The minimum absolute atomic E-state index is 0.246. The summed E-state index contributed by atoms with van der Waals surface area (Å²) in [7, 11) is 0. The maximum Gasteiger partial charge on any atom is 0.0783 e. The standard InChI is InChI=1S/C13H25NOS/c1-3-12(14-4-2)11-5-7-15-13(9-11)6-8-16-10-13/h11-12,14H,3-10H2,1-2H3. The highest BCUT2D eigenvalue weighted by molar-refractivity contribution is 7.99. The second kappa shape index (κ2) is 5.74. The molecule has 0 aromatic rings. The Morgan fingerprint density at radius 2 is 2.38 bits per heavy atom. The van der Waals surface area contributed by atoms with E-state index in [0.29, 0.717) is 6.04 Å². The molecule has 0 aliphatic carbocycles. The molecule has 2 heterocycles. The predicted molar refractivity (Wildman–Crippen MR) is 71.1 cm³/mol. The maximum absolute atomic E-state index is 6.08. The van der Waals surface area contributed by atoms with Gasteiger partial charge in [-0.1, -0.05) is 13.8 Å². The van der Waals surface area contributed by atoms with Crippen LogP contribution < -0.4 is 5.32 Å². The van der Waals surface area contributed by atoms with E-state index < -0.39 is 0 Å². The molecule has 3 unspecified atom stereocenters. The minimum atomic E-state index is 0.246. The van der Waals surface area contributed by atoms with E-state index in [9.17, 15) is 0 Å². The van der Waals surface area contributed by atoms with Gasteiger partial charge in [-0.2, -0.15) is 11.8 Å². The molecule has 0 bridgehead atoms. The summed E-state index contributed by atoms with van der Waals surface area (Å²) in [6, 6.07) is 0.705. The molecule has 0 radical (unpaired) electrons. The molecule has 2 rings (SSSR count). The Hall–Kier alpha value is 0.270. The molecule has 3 atom stereocenters. The molecule has 1 spiro atoms. The molecular formula is C13H25NOS. The Balaban J connectivity index is 1.94. The highest BCUT2D eigenvalue weighted by Crippen LogP contribution is 2.41. The highest BCUT2D eigenvalue weighted by atomic mass is 32.2. The maximum atomic E-state index is 6.08. The molecule has 94 valence electrons. The zero-order chi connectivity index (χ0) is 11.4. The third kappa shape index (κ3) is 2.74. The highest BCUT2D eigenvalue weighted by Gasteiger charge is 2.41. The molecule has 3 heteroatoms. The summed E-state index contributed by atoms with van der Waals surface area (Å²) in [6.45, 7) is 6.59. The largest absolute Gasteiger partial charge is 0.374 e. The molecule has 2 saturated heterocycles. The van der Waals surface area contributed by atoms with Crippen LogP contribution in [-0.2, 0) is 4.74 Å². The van der Waals surface area contributed by atoms with Crippen molar-refractivity contribution in [1.29, 1.82) is 0 Å². The zero-order valence-electron chi connectivity index (χ0n) is 10.6. The number of rotatable bonds is 4. The van der Waals surface area contributed by atoms with Crippen LogP contribution in [0.15, 0.2) is 0 Å². The first-order chi connectivity index (χ1) is 7.79. The molecule has 16 heavy (non-hydrogen) atoms. The number of ether oxygens (including phenoxy) is 1. The molecule has 2 nitrogen and oxygen atoms in total. The minimum Gasteiger partial charge on any atom is -0.374 e. The number of hydrogen-bond donors (Lipinski definition) is 1. The quantitative estimate of drug-likeness (QED) is 0.820. The van der Waals surface area contributed by atoms with Gasteiger partial charge in [-0.3, -0.25) is 0 Å². The third-order valence-electron chi connectivity index (χ3n) is 4.07. The van der Waals surface area contributed by atoms with Crippen molar-refractivity contribution in [2.45, 2.75) is 51.2 Å². The van der Waals surface area contributed by atoms with Crippen LogP contribution in [-0.4, -0.2) is 36.3 Å². The Morgan fingerprint density at radius 1 is 1.50 bits per heavy atom. The molecule has 0 saturated carbocycles. The third-order valence-corrected chi connectivity index (χ3v) is 5.30. The van der Waals surface area contributed by atoms with E-state index in [1.54, 1.807) is 0 Å². The molecule has 2 aliphatic heterocycles. The van der Waals surface area contributed by atoms with Crippen LogP contribution in [0.4, 0.5) is 0 Å². The van der Waals surface area contributed by atoms with Crippen LogP contribution in [0.3, 0.4) is 0 Å². The van der Waals surface area contributed by atoms with Crippen molar-refractivity contribution < 1.29 is 4.74 Å². The number of thioether (sulfide) groups is 1. The van der Waals surface area contributed by atoms with Gasteiger partial charge >= 0.3 is 0 Å². The van der Waals surface area contributed by atoms with Crippen molar-refractivity contribution in [3.8, 4) is 0 Å². The van der Waals surface area contributed by atoms with E-state index in [1.165, 1.54) is 37.2 Å². The Kier molecular flexibility index (Phi) is 4.57. The summed E-state index contributed by atoms with van der Waals surface area (Å²) < 4.78 is 6.08. The first-order valence-corrected chi connectivity index (χ1v) is 7.90. The van der Waals surface area contributed by atoms with E-state index >= 15 is 0 Å². The smallest absolute Gasteiger partial charge is 0.0783 e. The topological polar surface area (TPSA) is 21.3 Å². The van der Waals surface area contributed by atoms with Crippen molar-refractivity contribution in [2.75, 3.05) is 24.7 Å². The van der Waals surface area contributed by atoms with Crippen molar-refractivity contribution in [3.63, 3.8) is 0 Å². The fourth-order valence-electron chi connectivity index (χ4n) is 3.18. The van der Waals surface area contributed by atoms with E-state index in [4.69, 9.17) is 4.74 Å². The second-order valence-corrected chi connectivity index (χ2v) is 6.26. The Bertz CT molecular complexity index is 216. The van der Waals surface area contributed by atoms with Gasteiger partial charge in [-0.15, -0.1) is 0 Å². The van der Waals surface area contributed by atoms with Crippen LogP contribution in [0, 0.1) is 5.92 Å². The second-order valence-electron chi connectivity index (χ2n) is 5.16. The van der Waals surface area contributed by atoms with E-state index in [-0.39, 0.29) is 5.60 Å². The van der Waals surface area contributed by atoms with Gasteiger partial charge in [0.1, 0.15) is 0 Å². The molecule has 0 aromatic carbocycles. The van der Waals surface area contributed by atoms with Crippen LogP contribution in [0.1, 0.15) is 39.5 Å². The summed E-state index contributed by atoms with van der Waals surface area (Å²) in [5.41, 5.74) is 0.246. The predicted octanol–water partition coefficient (Wildman–Crippen LogP) is 2.68. The molecule has 2 aliphatic rings. The first kappa shape index (κ1) is 12.7. The van der Waals surface area contributed by atoms with Crippen LogP contribution >= 0.6 is 11.8 Å². The fourth-order valence-corrected chi connectivity index (χ4v) is 4.56. The zero-order valence-corrected chi connectivity index (χ0v) is 11.4. The van der Waals surface area contributed by atoms with Crippen molar-refractivity contribution in [1.82, 2.24) is 5.32 Å². The average Bonchev–Trinajstić information content (AvgIpc) is 2.74. The lowest BCUT2D eigenvalue weighted by atomic mass is 9.80. The molecular weight excluding hydrogens is 218 g/mol. The van der Waals surface area contributed by atoms with Crippen molar-refractivity contribution >= 4 is 11.8 Å². The number of nitrogens with one attached hydrogen (secondary N) is 1. The monoisotopic (exact) mass is 243 g/mol. The normalized spacial score (nSPS) is 36.8. The van der Waals surface area contributed by atoms with Crippen molar-refractivity contribution in [3.05, 3.63) is 0 Å². The van der Waals surface area contributed by atoms with E-state index in [2.05, 4.69) is 30.9 Å². The lowest BCUT2D eigenvalue weighted by Gasteiger charge is -2.41.